The predicted molar refractivity (Wildman–Crippen MR) is 102 cm³/mol. The van der Waals surface area contributed by atoms with E-state index in [2.05, 4.69) is 16.0 Å². The van der Waals surface area contributed by atoms with Gasteiger partial charge in [0.25, 0.3) is 10.0 Å². The fraction of sp³-hybridized carbons (Fsp3) is 0.444. The molecule has 0 bridgehead atoms. The normalized spacial score (nSPS) is 25.4. The number of nitrogens with zero attached hydrogens (tertiary/aromatic N) is 3. The lowest BCUT2D eigenvalue weighted by molar-refractivity contribution is -0.121. The van der Waals surface area contributed by atoms with Gasteiger partial charge in [0, 0.05) is 12.6 Å². The summed E-state index contributed by atoms with van der Waals surface area (Å²) in [6.07, 6.45) is -1.41. The lowest BCUT2D eigenvalue weighted by Crippen LogP contribution is -2.58. The number of halogens is 2. The highest BCUT2D eigenvalue weighted by molar-refractivity contribution is 7.90. The van der Waals surface area contributed by atoms with Crippen LogP contribution in [-0.4, -0.2) is 56.0 Å². The zero-order chi connectivity index (χ0) is 22.9. The van der Waals surface area contributed by atoms with Gasteiger partial charge in [0.15, 0.2) is 0 Å². The summed E-state index contributed by atoms with van der Waals surface area (Å²) in [4.78, 5) is 23.8. The van der Waals surface area contributed by atoms with Crippen molar-refractivity contribution in [3.8, 4) is 12.1 Å². The molecule has 10 nitrogen and oxygen atoms in total. The first kappa shape index (κ1) is 22.4. The zero-order valence-corrected chi connectivity index (χ0v) is 17.0. The third-order valence-electron chi connectivity index (χ3n) is 5.09. The van der Waals surface area contributed by atoms with Crippen LogP contribution in [0.4, 0.5) is 19.3 Å². The lowest BCUT2D eigenvalue weighted by Gasteiger charge is -2.35. The third-order valence-corrected chi connectivity index (χ3v) is 6.89. The minimum Gasteiger partial charge on any atom is -0.350 e. The molecular formula is C18H18F2N6O4S. The molecule has 1 aromatic rings. The molecule has 13 heteroatoms. The summed E-state index contributed by atoms with van der Waals surface area (Å²) in [5, 5.41) is 25.2. The highest BCUT2D eigenvalue weighted by Crippen LogP contribution is 2.33. The molecule has 0 saturated carbocycles. The van der Waals surface area contributed by atoms with Crippen LogP contribution in [0.3, 0.4) is 0 Å². The van der Waals surface area contributed by atoms with E-state index in [1.54, 1.807) is 6.07 Å². The fourth-order valence-corrected chi connectivity index (χ4v) is 5.05. The van der Waals surface area contributed by atoms with Crippen LogP contribution in [0.15, 0.2) is 17.0 Å². The molecule has 31 heavy (non-hydrogen) atoms. The van der Waals surface area contributed by atoms with E-state index in [0.717, 1.165) is 6.07 Å². The molecule has 164 valence electrons. The van der Waals surface area contributed by atoms with Gasteiger partial charge >= 0.3 is 6.03 Å². The number of rotatable bonds is 4. The summed E-state index contributed by atoms with van der Waals surface area (Å²) in [5.74, 6) is -2.64. The van der Waals surface area contributed by atoms with E-state index >= 15 is 0 Å². The van der Waals surface area contributed by atoms with Crippen molar-refractivity contribution in [1.29, 1.82) is 10.5 Å². The van der Waals surface area contributed by atoms with Crippen molar-refractivity contribution in [3.05, 3.63) is 23.5 Å². The Hall–Kier alpha value is -3.29. The van der Waals surface area contributed by atoms with E-state index in [1.807, 2.05) is 6.07 Å². The third kappa shape index (κ3) is 4.28. The SMILES string of the molecule is C[C@H](NC(=O)CN1C(=O)Nc2cc(C#N)cc(F)c2S1(=O)=O)C1NCC(C#N)CC1F. The molecule has 0 radical (unpaired) electrons. The molecule has 4 atom stereocenters. The number of benzene rings is 1. The van der Waals surface area contributed by atoms with Gasteiger partial charge in [0.1, 0.15) is 23.4 Å². The standard InChI is InChI=1S/C18H18F2N6O4S/c1-9(16-12(19)3-11(6-22)7-23-16)24-15(27)8-26-18(28)25-14-4-10(5-21)2-13(20)17(14)31(26,29)30/h2,4,9,11-12,16,23H,3,7-8H2,1H3,(H,24,27)(H,25,28)/t9-,11?,12?,16?/m0/s1. The van der Waals surface area contributed by atoms with E-state index < -0.39 is 69.1 Å². The van der Waals surface area contributed by atoms with Crippen LogP contribution in [0.25, 0.3) is 0 Å². The molecule has 0 aromatic heterocycles. The summed E-state index contributed by atoms with van der Waals surface area (Å²) in [7, 11) is -4.71. The molecule has 2 heterocycles. The molecular weight excluding hydrogens is 434 g/mol. The monoisotopic (exact) mass is 452 g/mol. The Morgan fingerprint density at radius 2 is 2.13 bits per heavy atom. The number of hydrogen-bond acceptors (Lipinski definition) is 7. The van der Waals surface area contributed by atoms with Gasteiger partial charge in [-0.05, 0) is 25.5 Å². The van der Waals surface area contributed by atoms with Crippen LogP contribution < -0.4 is 16.0 Å². The van der Waals surface area contributed by atoms with E-state index in [9.17, 15) is 26.8 Å². The van der Waals surface area contributed by atoms with E-state index in [1.165, 1.54) is 6.92 Å². The Bertz CT molecular complexity index is 1110. The predicted octanol–water partition coefficient (Wildman–Crippen LogP) is 0.578. The topological polar surface area (TPSA) is 155 Å². The maximum atomic E-state index is 14.3. The highest BCUT2D eigenvalue weighted by Gasteiger charge is 2.41. The Morgan fingerprint density at radius 3 is 2.74 bits per heavy atom. The minimum absolute atomic E-state index is 0.00195. The minimum atomic E-state index is -4.71. The first-order valence-electron chi connectivity index (χ1n) is 9.22. The first-order valence-corrected chi connectivity index (χ1v) is 10.7. The van der Waals surface area contributed by atoms with Crippen molar-refractivity contribution < 1.29 is 26.8 Å². The first-order chi connectivity index (χ1) is 14.6. The number of sulfonamides is 1. The van der Waals surface area contributed by atoms with Gasteiger partial charge in [-0.2, -0.15) is 10.5 Å². The van der Waals surface area contributed by atoms with Gasteiger partial charge in [-0.15, -0.1) is 0 Å². The van der Waals surface area contributed by atoms with Crippen LogP contribution in [-0.2, 0) is 14.8 Å². The molecule has 3 amide bonds. The smallest absolute Gasteiger partial charge is 0.336 e. The number of amides is 3. The number of alkyl halides is 1. The van der Waals surface area contributed by atoms with Crippen molar-refractivity contribution >= 4 is 27.6 Å². The number of hydrogen-bond donors (Lipinski definition) is 3. The number of piperidine rings is 1. The molecule has 3 rings (SSSR count). The molecule has 0 aliphatic carbocycles. The number of carbonyl (C=O) groups is 2. The van der Waals surface area contributed by atoms with Crippen LogP contribution in [0.1, 0.15) is 18.9 Å². The maximum Gasteiger partial charge on any atom is 0.336 e. The number of urea groups is 1. The summed E-state index contributed by atoms with van der Waals surface area (Å²) >= 11 is 0. The van der Waals surface area contributed by atoms with Crippen molar-refractivity contribution in [1.82, 2.24) is 14.9 Å². The number of nitriles is 2. The van der Waals surface area contributed by atoms with Crippen molar-refractivity contribution in [2.24, 2.45) is 5.92 Å². The largest absolute Gasteiger partial charge is 0.350 e. The van der Waals surface area contributed by atoms with Crippen LogP contribution in [0.5, 0.6) is 0 Å². The number of fused-ring (bicyclic) bond motifs is 1. The van der Waals surface area contributed by atoms with Gasteiger partial charge in [-0.1, -0.05) is 0 Å². The number of nitrogens with one attached hydrogen (secondary N) is 3. The summed E-state index contributed by atoms with van der Waals surface area (Å²) in [6.45, 7) is 0.783. The second kappa shape index (κ2) is 8.45. The Labute approximate surface area is 176 Å². The number of anilines is 1. The average molecular weight is 452 g/mol. The van der Waals surface area contributed by atoms with Crippen molar-refractivity contribution in [2.75, 3.05) is 18.4 Å². The Balaban J connectivity index is 1.74. The molecule has 1 aromatic carbocycles. The molecule has 0 spiro atoms. The number of carbonyl (C=O) groups excluding carboxylic acids is 2. The molecule has 2 aliphatic rings. The van der Waals surface area contributed by atoms with Crippen molar-refractivity contribution in [2.45, 2.75) is 36.5 Å². The van der Waals surface area contributed by atoms with Crippen LogP contribution >= 0.6 is 0 Å². The lowest BCUT2D eigenvalue weighted by atomic mass is 9.90. The molecule has 1 saturated heterocycles. The molecule has 1 fully saturated rings. The second-order valence-corrected chi connectivity index (χ2v) is 9.06. The average Bonchev–Trinajstić information content (AvgIpc) is 2.69. The van der Waals surface area contributed by atoms with E-state index in [-0.39, 0.29) is 22.8 Å². The van der Waals surface area contributed by atoms with Gasteiger partial charge < -0.3 is 16.0 Å². The second-order valence-electron chi connectivity index (χ2n) is 7.26. The summed E-state index contributed by atoms with van der Waals surface area (Å²) in [5.41, 5.74) is -0.587. The van der Waals surface area contributed by atoms with Crippen molar-refractivity contribution in [3.63, 3.8) is 0 Å². The Morgan fingerprint density at radius 1 is 1.42 bits per heavy atom. The summed E-state index contributed by atoms with van der Waals surface area (Å²) in [6, 6.07) is 2.56. The Kier molecular flexibility index (Phi) is 6.10. The van der Waals surface area contributed by atoms with Gasteiger partial charge in [0.05, 0.1) is 35.3 Å². The van der Waals surface area contributed by atoms with Gasteiger partial charge in [-0.25, -0.2) is 26.3 Å². The van der Waals surface area contributed by atoms with Crippen LogP contribution in [0, 0.1) is 34.4 Å². The fourth-order valence-electron chi connectivity index (χ4n) is 3.58. The van der Waals surface area contributed by atoms with E-state index in [0.29, 0.717) is 6.07 Å². The zero-order valence-electron chi connectivity index (χ0n) is 16.2. The molecule has 3 N–H and O–H groups in total. The van der Waals surface area contributed by atoms with Gasteiger partial charge in [0.2, 0.25) is 5.91 Å². The van der Waals surface area contributed by atoms with Gasteiger partial charge in [-0.3, -0.25) is 4.79 Å². The van der Waals surface area contributed by atoms with Crippen LogP contribution in [0.2, 0.25) is 0 Å². The molecule has 2 aliphatic heterocycles. The quantitative estimate of drug-likeness (QED) is 0.603. The highest BCUT2D eigenvalue weighted by atomic mass is 32.2. The van der Waals surface area contributed by atoms with E-state index in [4.69, 9.17) is 10.5 Å². The molecule has 3 unspecified atom stereocenters. The summed E-state index contributed by atoms with van der Waals surface area (Å²) < 4.78 is 54.3. The maximum absolute atomic E-state index is 14.3.